The van der Waals surface area contributed by atoms with Crippen LogP contribution in [0.2, 0.25) is 0 Å². The predicted octanol–water partition coefficient (Wildman–Crippen LogP) is 0.182. The number of halogens is 1. The zero-order valence-electron chi connectivity index (χ0n) is 10.2. The van der Waals surface area contributed by atoms with Gasteiger partial charge < -0.3 is 4.90 Å². The second kappa shape index (κ2) is 5.40. The molecule has 2 saturated heterocycles. The summed E-state index contributed by atoms with van der Waals surface area (Å²) in [5.74, 6) is 0. The van der Waals surface area contributed by atoms with Gasteiger partial charge in [-0.2, -0.15) is 12.7 Å². The van der Waals surface area contributed by atoms with E-state index < -0.39 is 9.24 Å². The number of likely N-dealkylation sites (N-methyl/N-ethyl adjacent to an activating group) is 1. The molecule has 0 saturated carbocycles. The van der Waals surface area contributed by atoms with Crippen LogP contribution in [-0.4, -0.2) is 74.9 Å². The Labute approximate surface area is 108 Å². The van der Waals surface area contributed by atoms with Crippen molar-refractivity contribution in [3.05, 3.63) is 0 Å². The van der Waals surface area contributed by atoms with Gasteiger partial charge in [-0.25, -0.2) is 0 Å². The molecule has 2 rings (SSSR count). The molecule has 2 fully saturated rings. The van der Waals surface area contributed by atoms with E-state index >= 15 is 0 Å². The minimum Gasteiger partial charge on any atom is -0.304 e. The summed E-state index contributed by atoms with van der Waals surface area (Å²) in [6.45, 7) is 5.51. The lowest BCUT2D eigenvalue weighted by molar-refractivity contribution is 0.0840. The molecule has 0 aliphatic carbocycles. The minimum absolute atomic E-state index is 0.526. The van der Waals surface area contributed by atoms with E-state index in [4.69, 9.17) is 10.7 Å². The third-order valence-corrected chi connectivity index (χ3v) is 5.35. The average Bonchev–Trinajstić information content (AvgIpc) is 2.29. The summed E-state index contributed by atoms with van der Waals surface area (Å²) in [5.41, 5.74) is 0. The van der Waals surface area contributed by atoms with Gasteiger partial charge in [0.05, 0.1) is 0 Å². The van der Waals surface area contributed by atoms with Crippen molar-refractivity contribution in [2.24, 2.45) is 0 Å². The maximum absolute atomic E-state index is 11.2. The van der Waals surface area contributed by atoms with Gasteiger partial charge in [0.15, 0.2) is 0 Å². The molecule has 0 aromatic carbocycles. The molecule has 2 heterocycles. The van der Waals surface area contributed by atoms with E-state index in [2.05, 4.69) is 16.8 Å². The first-order chi connectivity index (χ1) is 7.97. The highest BCUT2D eigenvalue weighted by Gasteiger charge is 2.30. The number of piperazine rings is 1. The molecule has 17 heavy (non-hydrogen) atoms. The molecule has 7 heteroatoms. The van der Waals surface area contributed by atoms with E-state index in [1.54, 1.807) is 0 Å². The van der Waals surface area contributed by atoms with Crippen molar-refractivity contribution in [2.45, 2.75) is 18.9 Å². The molecular formula is C10H20ClN3O2S. The third-order valence-electron chi connectivity index (χ3n) is 3.79. The topological polar surface area (TPSA) is 43.9 Å². The number of hydrogen-bond acceptors (Lipinski definition) is 4. The van der Waals surface area contributed by atoms with Gasteiger partial charge in [0.1, 0.15) is 0 Å². The van der Waals surface area contributed by atoms with Crippen LogP contribution in [0, 0.1) is 0 Å². The largest absolute Gasteiger partial charge is 0.304 e. The van der Waals surface area contributed by atoms with E-state index in [9.17, 15) is 8.42 Å². The maximum atomic E-state index is 11.2. The summed E-state index contributed by atoms with van der Waals surface area (Å²) in [6, 6.07) is 0.526. The number of piperidine rings is 1. The van der Waals surface area contributed by atoms with Gasteiger partial charge in [-0.3, -0.25) is 4.90 Å². The third kappa shape index (κ3) is 3.54. The summed E-state index contributed by atoms with van der Waals surface area (Å²) in [5, 5.41) is 0. The van der Waals surface area contributed by atoms with Crippen molar-refractivity contribution >= 4 is 19.9 Å². The first-order valence-electron chi connectivity index (χ1n) is 6.09. The molecule has 0 aromatic heterocycles. The molecule has 0 amide bonds. The van der Waals surface area contributed by atoms with Gasteiger partial charge in [-0.1, -0.05) is 0 Å². The summed E-state index contributed by atoms with van der Waals surface area (Å²) >= 11 is 0. The molecule has 0 aromatic rings. The Kier molecular flexibility index (Phi) is 4.31. The van der Waals surface area contributed by atoms with E-state index in [0.717, 1.165) is 39.0 Å². The van der Waals surface area contributed by atoms with Crippen LogP contribution in [0.5, 0.6) is 0 Å². The van der Waals surface area contributed by atoms with E-state index in [1.807, 2.05) is 0 Å². The minimum atomic E-state index is -3.51. The van der Waals surface area contributed by atoms with Crippen molar-refractivity contribution < 1.29 is 8.42 Å². The fraction of sp³-hybridized carbons (Fsp3) is 1.00. The molecule has 0 atom stereocenters. The maximum Gasteiger partial charge on any atom is 0.299 e. The van der Waals surface area contributed by atoms with Crippen LogP contribution in [0.15, 0.2) is 0 Å². The van der Waals surface area contributed by atoms with Crippen molar-refractivity contribution in [1.82, 2.24) is 14.1 Å². The Morgan fingerprint density at radius 3 is 2.00 bits per heavy atom. The number of nitrogens with zero attached hydrogens (tertiary/aromatic N) is 3. The standard InChI is InChI=1S/C10H20ClN3O2S/c1-12-6-8-13(9-7-12)10-2-4-14(5-3-10)17(11,15)16/h10H,2-9H2,1H3. The summed E-state index contributed by atoms with van der Waals surface area (Å²) < 4.78 is 23.7. The molecular weight excluding hydrogens is 262 g/mol. The van der Waals surface area contributed by atoms with Gasteiger partial charge in [0, 0.05) is 56.0 Å². The van der Waals surface area contributed by atoms with Gasteiger partial charge in [-0.05, 0) is 19.9 Å². The molecule has 0 unspecified atom stereocenters. The summed E-state index contributed by atoms with van der Waals surface area (Å²) in [4.78, 5) is 4.81. The van der Waals surface area contributed by atoms with E-state index in [-0.39, 0.29) is 0 Å². The van der Waals surface area contributed by atoms with Gasteiger partial charge in [0.25, 0.3) is 9.24 Å². The highest BCUT2D eigenvalue weighted by atomic mass is 35.7. The van der Waals surface area contributed by atoms with Crippen molar-refractivity contribution in [3.8, 4) is 0 Å². The van der Waals surface area contributed by atoms with Gasteiger partial charge in [-0.15, -0.1) is 0 Å². The van der Waals surface area contributed by atoms with Crippen LogP contribution < -0.4 is 0 Å². The molecule has 0 N–H and O–H groups in total. The van der Waals surface area contributed by atoms with Gasteiger partial charge >= 0.3 is 0 Å². The highest BCUT2D eigenvalue weighted by Crippen LogP contribution is 2.21. The summed E-state index contributed by atoms with van der Waals surface area (Å²) in [6.07, 6.45) is 1.80. The van der Waals surface area contributed by atoms with Crippen molar-refractivity contribution in [1.29, 1.82) is 0 Å². The lowest BCUT2D eigenvalue weighted by Gasteiger charge is -2.41. The predicted molar refractivity (Wildman–Crippen MR) is 68.4 cm³/mol. The normalized spacial score (nSPS) is 27.4. The molecule has 0 bridgehead atoms. The lowest BCUT2D eigenvalue weighted by Crippen LogP contribution is -2.52. The van der Waals surface area contributed by atoms with Crippen LogP contribution in [0.1, 0.15) is 12.8 Å². The van der Waals surface area contributed by atoms with Gasteiger partial charge in [0.2, 0.25) is 0 Å². The average molecular weight is 282 g/mol. The highest BCUT2D eigenvalue weighted by molar-refractivity contribution is 8.11. The Morgan fingerprint density at radius 1 is 1.00 bits per heavy atom. The molecule has 0 spiro atoms. The first kappa shape index (κ1) is 13.5. The fourth-order valence-electron chi connectivity index (χ4n) is 2.61. The zero-order chi connectivity index (χ0) is 12.5. The van der Waals surface area contributed by atoms with Crippen molar-refractivity contribution in [3.63, 3.8) is 0 Å². The summed E-state index contributed by atoms with van der Waals surface area (Å²) in [7, 11) is 3.97. The molecule has 2 aliphatic heterocycles. The SMILES string of the molecule is CN1CCN(C2CCN(S(=O)(=O)Cl)CC2)CC1. The van der Waals surface area contributed by atoms with Crippen LogP contribution >= 0.6 is 10.7 Å². The van der Waals surface area contributed by atoms with Crippen LogP contribution in [0.25, 0.3) is 0 Å². The van der Waals surface area contributed by atoms with Crippen LogP contribution in [-0.2, 0) is 9.24 Å². The fourth-order valence-corrected chi connectivity index (χ4v) is 3.67. The Balaban J connectivity index is 1.83. The van der Waals surface area contributed by atoms with E-state index in [0.29, 0.717) is 19.1 Å². The first-order valence-corrected chi connectivity index (χ1v) is 8.36. The Morgan fingerprint density at radius 2 is 1.53 bits per heavy atom. The van der Waals surface area contributed by atoms with E-state index in [1.165, 1.54) is 4.31 Å². The van der Waals surface area contributed by atoms with Crippen molar-refractivity contribution in [2.75, 3.05) is 46.3 Å². The monoisotopic (exact) mass is 281 g/mol. The molecule has 2 aliphatic rings. The quantitative estimate of drug-likeness (QED) is 0.678. The Bertz CT molecular complexity index is 347. The second-order valence-electron chi connectivity index (χ2n) is 4.91. The molecule has 5 nitrogen and oxygen atoms in total. The molecule has 100 valence electrons. The zero-order valence-corrected chi connectivity index (χ0v) is 11.8. The van der Waals surface area contributed by atoms with Crippen LogP contribution in [0.3, 0.4) is 0 Å². The number of hydrogen-bond donors (Lipinski definition) is 0. The molecule has 0 radical (unpaired) electrons. The lowest BCUT2D eigenvalue weighted by atomic mass is 10.0. The smallest absolute Gasteiger partial charge is 0.299 e. The van der Waals surface area contributed by atoms with Crippen LogP contribution in [0.4, 0.5) is 0 Å². The number of rotatable bonds is 2. The second-order valence-corrected chi connectivity index (χ2v) is 7.42. The Hall–Kier alpha value is 0.120.